The smallest absolute Gasteiger partial charge is 0.243 e. The highest BCUT2D eigenvalue weighted by molar-refractivity contribution is 5.91. The Hall–Kier alpha value is -1.77. The maximum absolute atomic E-state index is 10.9. The van der Waals surface area contributed by atoms with Gasteiger partial charge in [-0.2, -0.15) is 0 Å². The normalized spacial score (nSPS) is 10.3. The van der Waals surface area contributed by atoms with Crippen LogP contribution in [0.1, 0.15) is 12.5 Å². The minimum atomic E-state index is -0.108. The molecule has 80 valence electrons. The van der Waals surface area contributed by atoms with Crippen molar-refractivity contribution in [2.75, 3.05) is 13.7 Å². The van der Waals surface area contributed by atoms with E-state index in [2.05, 4.69) is 5.32 Å². The summed E-state index contributed by atoms with van der Waals surface area (Å²) in [5.41, 5.74) is 0.974. The van der Waals surface area contributed by atoms with Crippen molar-refractivity contribution < 1.29 is 9.53 Å². The molecule has 0 bridgehead atoms. The molecule has 0 atom stereocenters. The van der Waals surface area contributed by atoms with Crippen LogP contribution in [0.25, 0.3) is 6.08 Å². The van der Waals surface area contributed by atoms with E-state index in [1.54, 1.807) is 13.1 Å². The lowest BCUT2D eigenvalue weighted by molar-refractivity contribution is -0.115. The molecule has 0 unspecified atom stereocenters. The van der Waals surface area contributed by atoms with E-state index in [9.17, 15) is 4.79 Å². The third-order valence-corrected chi connectivity index (χ3v) is 1.86. The summed E-state index contributed by atoms with van der Waals surface area (Å²) in [6, 6.07) is 7.58. The summed E-state index contributed by atoms with van der Waals surface area (Å²) < 4.78 is 5.30. The predicted molar refractivity (Wildman–Crippen MR) is 60.7 cm³/mol. The highest BCUT2D eigenvalue weighted by atomic mass is 16.5. The van der Waals surface area contributed by atoms with E-state index in [0.717, 1.165) is 11.3 Å². The molecule has 0 aliphatic rings. The molecule has 15 heavy (non-hydrogen) atoms. The molecule has 1 N–H and O–H groups in total. The average molecular weight is 205 g/mol. The van der Waals surface area contributed by atoms with Gasteiger partial charge in [0.1, 0.15) is 5.75 Å². The van der Waals surface area contributed by atoms with Crippen molar-refractivity contribution in [1.29, 1.82) is 0 Å². The number of ether oxygens (including phenoxy) is 1. The van der Waals surface area contributed by atoms with Crippen LogP contribution in [-0.2, 0) is 4.79 Å². The summed E-state index contributed by atoms with van der Waals surface area (Å²) in [5.74, 6) is 0.735. The molecule has 0 aliphatic carbocycles. The van der Waals surface area contributed by atoms with Gasteiger partial charge in [0.2, 0.25) is 5.91 Å². The Morgan fingerprint density at radius 1 is 1.40 bits per heavy atom. The number of likely N-dealkylation sites (N-methyl/N-ethyl adjacent to an activating group) is 1. The van der Waals surface area contributed by atoms with Crippen molar-refractivity contribution >= 4 is 12.0 Å². The standard InChI is InChI=1S/C12H15NO2/c1-3-15-11-7-4-10(5-8-11)6-9-12(14)13-2/h4-9H,3H2,1-2H3,(H,13,14)/b9-6+. The van der Waals surface area contributed by atoms with Gasteiger partial charge in [-0.1, -0.05) is 12.1 Å². The molecule has 0 saturated heterocycles. The number of hydrogen-bond acceptors (Lipinski definition) is 2. The van der Waals surface area contributed by atoms with Gasteiger partial charge in [0.05, 0.1) is 6.61 Å². The van der Waals surface area contributed by atoms with E-state index in [0.29, 0.717) is 6.61 Å². The van der Waals surface area contributed by atoms with Gasteiger partial charge in [0, 0.05) is 13.1 Å². The van der Waals surface area contributed by atoms with Crippen LogP contribution in [0.2, 0.25) is 0 Å². The maximum Gasteiger partial charge on any atom is 0.243 e. The first kappa shape index (κ1) is 11.3. The molecule has 0 fully saturated rings. The van der Waals surface area contributed by atoms with Crippen molar-refractivity contribution in [1.82, 2.24) is 5.32 Å². The molecule has 1 amide bonds. The van der Waals surface area contributed by atoms with E-state index in [4.69, 9.17) is 4.74 Å². The molecule has 1 aromatic rings. The minimum Gasteiger partial charge on any atom is -0.494 e. The second-order valence-electron chi connectivity index (χ2n) is 2.95. The summed E-state index contributed by atoms with van der Waals surface area (Å²) in [5, 5.41) is 2.52. The van der Waals surface area contributed by atoms with Gasteiger partial charge in [-0.15, -0.1) is 0 Å². The molecule has 0 radical (unpaired) electrons. The number of amides is 1. The molecule has 3 nitrogen and oxygen atoms in total. The fourth-order valence-electron chi connectivity index (χ4n) is 1.10. The molecule has 0 heterocycles. The van der Waals surface area contributed by atoms with Gasteiger partial charge >= 0.3 is 0 Å². The molecular formula is C12H15NO2. The largest absolute Gasteiger partial charge is 0.494 e. The Labute approximate surface area is 89.8 Å². The van der Waals surface area contributed by atoms with Crippen molar-refractivity contribution in [3.05, 3.63) is 35.9 Å². The van der Waals surface area contributed by atoms with E-state index in [1.165, 1.54) is 6.08 Å². The van der Waals surface area contributed by atoms with Gasteiger partial charge in [0.15, 0.2) is 0 Å². The zero-order valence-corrected chi connectivity index (χ0v) is 8.99. The van der Waals surface area contributed by atoms with Crippen molar-refractivity contribution in [2.45, 2.75) is 6.92 Å². The second kappa shape index (κ2) is 5.86. The summed E-state index contributed by atoms with van der Waals surface area (Å²) in [6.45, 7) is 2.60. The second-order valence-corrected chi connectivity index (χ2v) is 2.95. The molecule has 0 aliphatic heterocycles. The predicted octanol–water partition coefficient (Wildman–Crippen LogP) is 1.84. The van der Waals surface area contributed by atoms with Crippen LogP contribution in [-0.4, -0.2) is 19.6 Å². The summed E-state index contributed by atoms with van der Waals surface area (Å²) >= 11 is 0. The molecular weight excluding hydrogens is 190 g/mol. The van der Waals surface area contributed by atoms with Crippen molar-refractivity contribution in [2.24, 2.45) is 0 Å². The van der Waals surface area contributed by atoms with Crippen LogP contribution in [0.3, 0.4) is 0 Å². The molecule has 0 spiro atoms. The highest BCUT2D eigenvalue weighted by Gasteiger charge is 1.92. The van der Waals surface area contributed by atoms with Gasteiger partial charge < -0.3 is 10.1 Å². The van der Waals surface area contributed by atoms with Crippen LogP contribution >= 0.6 is 0 Å². The molecule has 1 rings (SSSR count). The first-order valence-electron chi connectivity index (χ1n) is 4.89. The number of carbonyl (C=O) groups is 1. The Balaban J connectivity index is 2.64. The Morgan fingerprint density at radius 3 is 2.60 bits per heavy atom. The molecule has 0 aromatic heterocycles. The topological polar surface area (TPSA) is 38.3 Å². The van der Waals surface area contributed by atoms with Gasteiger partial charge in [-0.25, -0.2) is 0 Å². The zero-order chi connectivity index (χ0) is 11.1. The Morgan fingerprint density at radius 2 is 2.07 bits per heavy atom. The molecule has 3 heteroatoms. The number of hydrogen-bond donors (Lipinski definition) is 1. The van der Waals surface area contributed by atoms with Gasteiger partial charge in [-0.05, 0) is 30.7 Å². The Kier molecular flexibility index (Phi) is 4.41. The van der Waals surface area contributed by atoms with Gasteiger partial charge in [0.25, 0.3) is 0 Å². The van der Waals surface area contributed by atoms with Crippen LogP contribution in [0.4, 0.5) is 0 Å². The summed E-state index contributed by atoms with van der Waals surface area (Å²) in [7, 11) is 1.60. The highest BCUT2D eigenvalue weighted by Crippen LogP contribution is 2.12. The number of carbonyl (C=O) groups excluding carboxylic acids is 1. The molecule has 1 aromatic carbocycles. The van der Waals surface area contributed by atoms with Crippen LogP contribution < -0.4 is 10.1 Å². The van der Waals surface area contributed by atoms with E-state index in [1.807, 2.05) is 31.2 Å². The summed E-state index contributed by atoms with van der Waals surface area (Å²) in [4.78, 5) is 10.9. The lowest BCUT2D eigenvalue weighted by atomic mass is 10.2. The number of rotatable bonds is 4. The quantitative estimate of drug-likeness (QED) is 0.762. The third-order valence-electron chi connectivity index (χ3n) is 1.86. The van der Waals surface area contributed by atoms with Crippen molar-refractivity contribution in [3.63, 3.8) is 0 Å². The molecule has 0 saturated carbocycles. The van der Waals surface area contributed by atoms with Crippen LogP contribution in [0, 0.1) is 0 Å². The van der Waals surface area contributed by atoms with Crippen LogP contribution in [0.5, 0.6) is 5.75 Å². The van der Waals surface area contributed by atoms with E-state index < -0.39 is 0 Å². The maximum atomic E-state index is 10.9. The third kappa shape index (κ3) is 3.85. The van der Waals surface area contributed by atoms with Gasteiger partial charge in [-0.3, -0.25) is 4.79 Å². The summed E-state index contributed by atoms with van der Waals surface area (Å²) in [6.07, 6.45) is 3.25. The monoisotopic (exact) mass is 205 g/mol. The lowest BCUT2D eigenvalue weighted by Gasteiger charge is -2.02. The minimum absolute atomic E-state index is 0.108. The SMILES string of the molecule is CCOc1ccc(/C=C/C(=O)NC)cc1. The first-order chi connectivity index (χ1) is 7.26. The zero-order valence-electron chi connectivity index (χ0n) is 8.99. The van der Waals surface area contributed by atoms with E-state index in [-0.39, 0.29) is 5.91 Å². The average Bonchev–Trinajstić information content (AvgIpc) is 2.28. The Bertz CT molecular complexity index is 341. The van der Waals surface area contributed by atoms with Crippen LogP contribution in [0.15, 0.2) is 30.3 Å². The first-order valence-corrected chi connectivity index (χ1v) is 4.89. The lowest BCUT2D eigenvalue weighted by Crippen LogP contribution is -2.13. The van der Waals surface area contributed by atoms with E-state index >= 15 is 0 Å². The fourth-order valence-corrected chi connectivity index (χ4v) is 1.10. The number of nitrogens with one attached hydrogen (secondary N) is 1. The number of benzene rings is 1. The fraction of sp³-hybridized carbons (Fsp3) is 0.250. The van der Waals surface area contributed by atoms with Crippen molar-refractivity contribution in [3.8, 4) is 5.75 Å².